The van der Waals surface area contributed by atoms with Crippen LogP contribution in [0.5, 0.6) is 5.75 Å². The standard InChI is InChI=1S/C18H12F4N2O3/c1-24-14(6-7-23-24)15(25)5-4-10-2-3-11(27-10)9-26-18-16(21)12(19)8-13(20)17(18)22/h2-8H,9H2,1H3/b5-4+. The van der Waals surface area contributed by atoms with E-state index in [1.165, 1.54) is 35.2 Å². The highest BCUT2D eigenvalue weighted by Crippen LogP contribution is 2.27. The van der Waals surface area contributed by atoms with Gasteiger partial charge in [-0.3, -0.25) is 9.48 Å². The molecular weight excluding hydrogens is 368 g/mol. The van der Waals surface area contributed by atoms with Crippen molar-refractivity contribution in [1.82, 2.24) is 9.78 Å². The molecule has 27 heavy (non-hydrogen) atoms. The van der Waals surface area contributed by atoms with Crippen LogP contribution < -0.4 is 4.74 Å². The Hall–Kier alpha value is -3.36. The Bertz CT molecular complexity index is 998. The predicted octanol–water partition coefficient (Wildman–Crippen LogP) is 4.04. The fourth-order valence-electron chi connectivity index (χ4n) is 2.24. The van der Waals surface area contributed by atoms with Gasteiger partial charge in [-0.05, 0) is 30.4 Å². The van der Waals surface area contributed by atoms with Crippen molar-refractivity contribution in [3.63, 3.8) is 0 Å². The molecule has 5 nitrogen and oxygen atoms in total. The van der Waals surface area contributed by atoms with E-state index < -0.39 is 35.6 Å². The summed E-state index contributed by atoms with van der Waals surface area (Å²) >= 11 is 0. The molecule has 0 radical (unpaired) electrons. The zero-order valence-electron chi connectivity index (χ0n) is 13.9. The number of benzene rings is 1. The number of carbonyl (C=O) groups excluding carboxylic acids is 1. The number of aromatic nitrogens is 2. The molecule has 0 spiro atoms. The Morgan fingerprint density at radius 3 is 2.52 bits per heavy atom. The van der Waals surface area contributed by atoms with Crippen molar-refractivity contribution in [2.24, 2.45) is 7.05 Å². The molecule has 0 N–H and O–H groups in total. The van der Waals surface area contributed by atoms with Gasteiger partial charge >= 0.3 is 0 Å². The van der Waals surface area contributed by atoms with Crippen molar-refractivity contribution in [1.29, 1.82) is 0 Å². The van der Waals surface area contributed by atoms with Gasteiger partial charge in [-0.15, -0.1) is 0 Å². The molecule has 3 aromatic rings. The van der Waals surface area contributed by atoms with Crippen LogP contribution in [-0.4, -0.2) is 15.6 Å². The Balaban J connectivity index is 1.68. The minimum atomic E-state index is -1.64. The van der Waals surface area contributed by atoms with E-state index in [1.54, 1.807) is 13.1 Å². The first kappa shape index (κ1) is 18.4. The highest BCUT2D eigenvalue weighted by Gasteiger charge is 2.21. The molecule has 0 saturated carbocycles. The molecule has 140 valence electrons. The number of halogens is 4. The highest BCUT2D eigenvalue weighted by atomic mass is 19.2. The number of nitrogens with zero attached hydrogens (tertiary/aromatic N) is 2. The van der Waals surface area contributed by atoms with E-state index in [4.69, 9.17) is 9.15 Å². The fourth-order valence-corrected chi connectivity index (χ4v) is 2.24. The summed E-state index contributed by atoms with van der Waals surface area (Å²) in [5.74, 6) is -7.48. The largest absolute Gasteiger partial charge is 0.479 e. The van der Waals surface area contributed by atoms with Gasteiger partial charge in [0.15, 0.2) is 17.4 Å². The molecule has 9 heteroatoms. The first-order valence-corrected chi connectivity index (χ1v) is 7.61. The predicted molar refractivity (Wildman–Crippen MR) is 85.9 cm³/mol. The van der Waals surface area contributed by atoms with Gasteiger partial charge in [-0.1, -0.05) is 0 Å². The maximum Gasteiger partial charge on any atom is 0.203 e. The zero-order chi connectivity index (χ0) is 19.6. The molecular formula is C18H12F4N2O3. The molecule has 1 aromatic carbocycles. The third-order valence-electron chi connectivity index (χ3n) is 3.59. The fraction of sp³-hybridized carbons (Fsp3) is 0.111. The Morgan fingerprint density at radius 2 is 1.89 bits per heavy atom. The van der Waals surface area contributed by atoms with Crippen molar-refractivity contribution < 1.29 is 31.5 Å². The summed E-state index contributed by atoms with van der Waals surface area (Å²) in [6.07, 6.45) is 4.14. The van der Waals surface area contributed by atoms with Crippen LogP contribution in [0.4, 0.5) is 17.6 Å². The van der Waals surface area contributed by atoms with E-state index in [-0.39, 0.29) is 23.4 Å². The van der Waals surface area contributed by atoms with E-state index in [2.05, 4.69) is 5.10 Å². The first-order valence-electron chi connectivity index (χ1n) is 7.61. The van der Waals surface area contributed by atoms with Gasteiger partial charge in [0.05, 0.1) is 0 Å². The number of hydrogen-bond acceptors (Lipinski definition) is 4. The highest BCUT2D eigenvalue weighted by molar-refractivity contribution is 6.05. The van der Waals surface area contributed by atoms with Crippen LogP contribution >= 0.6 is 0 Å². The molecule has 0 saturated heterocycles. The number of furan rings is 1. The van der Waals surface area contributed by atoms with E-state index in [0.29, 0.717) is 5.69 Å². The average molecular weight is 380 g/mol. The summed E-state index contributed by atoms with van der Waals surface area (Å²) in [6.45, 7) is -0.472. The molecule has 0 atom stereocenters. The van der Waals surface area contributed by atoms with Crippen LogP contribution in [0.15, 0.2) is 41.0 Å². The van der Waals surface area contributed by atoms with Crippen molar-refractivity contribution in [2.45, 2.75) is 6.61 Å². The second-order valence-corrected chi connectivity index (χ2v) is 5.43. The molecule has 2 heterocycles. The van der Waals surface area contributed by atoms with Crippen molar-refractivity contribution in [3.05, 3.63) is 77.0 Å². The van der Waals surface area contributed by atoms with Crippen LogP contribution in [0.2, 0.25) is 0 Å². The summed E-state index contributed by atoms with van der Waals surface area (Å²) in [5, 5.41) is 3.88. The van der Waals surface area contributed by atoms with E-state index >= 15 is 0 Å². The zero-order valence-corrected chi connectivity index (χ0v) is 13.9. The average Bonchev–Trinajstić information content (AvgIpc) is 3.27. The number of rotatable bonds is 6. The molecule has 0 unspecified atom stereocenters. The van der Waals surface area contributed by atoms with Crippen LogP contribution in [0, 0.1) is 23.3 Å². The Morgan fingerprint density at radius 1 is 1.19 bits per heavy atom. The van der Waals surface area contributed by atoms with Gasteiger partial charge in [0.1, 0.15) is 23.8 Å². The van der Waals surface area contributed by atoms with Crippen LogP contribution in [-0.2, 0) is 13.7 Å². The Kier molecular flexibility index (Phi) is 5.11. The molecule has 3 rings (SSSR count). The van der Waals surface area contributed by atoms with Crippen molar-refractivity contribution in [3.8, 4) is 5.75 Å². The molecule has 0 aliphatic carbocycles. The smallest absolute Gasteiger partial charge is 0.203 e. The van der Waals surface area contributed by atoms with Gasteiger partial charge in [-0.25, -0.2) is 8.78 Å². The van der Waals surface area contributed by atoms with E-state index in [9.17, 15) is 22.4 Å². The molecule has 0 amide bonds. The number of hydrogen-bond donors (Lipinski definition) is 0. The van der Waals surface area contributed by atoms with Crippen LogP contribution in [0.3, 0.4) is 0 Å². The van der Waals surface area contributed by atoms with E-state index in [0.717, 1.165) is 0 Å². The van der Waals surface area contributed by atoms with Crippen LogP contribution in [0.1, 0.15) is 22.0 Å². The lowest BCUT2D eigenvalue weighted by atomic mass is 10.2. The maximum absolute atomic E-state index is 13.5. The Labute approximate surface area is 150 Å². The number of aryl methyl sites for hydroxylation is 1. The first-order chi connectivity index (χ1) is 12.9. The summed E-state index contributed by atoms with van der Waals surface area (Å²) in [5.41, 5.74) is 0.375. The summed E-state index contributed by atoms with van der Waals surface area (Å²) in [4.78, 5) is 12.0. The third kappa shape index (κ3) is 3.91. The molecule has 0 bridgehead atoms. The molecule has 0 fully saturated rings. The van der Waals surface area contributed by atoms with Gasteiger partial charge in [0.25, 0.3) is 0 Å². The van der Waals surface area contributed by atoms with Crippen molar-refractivity contribution in [2.75, 3.05) is 0 Å². The minimum absolute atomic E-state index is 0.0899. The van der Waals surface area contributed by atoms with Gasteiger partial charge in [-0.2, -0.15) is 13.9 Å². The lowest BCUT2D eigenvalue weighted by Crippen LogP contribution is -2.03. The van der Waals surface area contributed by atoms with Gasteiger partial charge in [0, 0.05) is 19.3 Å². The quantitative estimate of drug-likeness (QED) is 0.280. The number of carbonyl (C=O) groups is 1. The molecule has 0 aliphatic heterocycles. The topological polar surface area (TPSA) is 57.3 Å². The molecule has 2 aromatic heterocycles. The molecule has 0 aliphatic rings. The SMILES string of the molecule is Cn1nccc1C(=O)/C=C/c1ccc(COc2c(F)c(F)cc(F)c2F)o1. The van der Waals surface area contributed by atoms with E-state index in [1.807, 2.05) is 0 Å². The second kappa shape index (κ2) is 7.48. The maximum atomic E-state index is 13.5. The third-order valence-corrected chi connectivity index (χ3v) is 3.59. The number of allylic oxidation sites excluding steroid dienone is 1. The van der Waals surface area contributed by atoms with Gasteiger partial charge in [0.2, 0.25) is 17.4 Å². The second-order valence-electron chi connectivity index (χ2n) is 5.43. The number of ketones is 1. The monoisotopic (exact) mass is 380 g/mol. The summed E-state index contributed by atoms with van der Waals surface area (Å²) < 4.78 is 64.9. The summed E-state index contributed by atoms with van der Waals surface area (Å²) in [7, 11) is 1.62. The lowest BCUT2D eigenvalue weighted by molar-refractivity contribution is 0.103. The van der Waals surface area contributed by atoms with Crippen molar-refractivity contribution >= 4 is 11.9 Å². The normalized spacial score (nSPS) is 11.3. The number of ether oxygens (including phenoxy) is 1. The summed E-state index contributed by atoms with van der Waals surface area (Å²) in [6, 6.07) is 4.56. The minimum Gasteiger partial charge on any atom is -0.479 e. The lowest BCUT2D eigenvalue weighted by Gasteiger charge is -2.08. The van der Waals surface area contributed by atoms with Crippen LogP contribution in [0.25, 0.3) is 6.08 Å². The van der Waals surface area contributed by atoms with Gasteiger partial charge < -0.3 is 9.15 Å².